The van der Waals surface area contributed by atoms with Crippen LogP contribution in [0.5, 0.6) is 0 Å². The fourth-order valence-corrected chi connectivity index (χ4v) is 1.17. The van der Waals surface area contributed by atoms with Gasteiger partial charge in [-0.2, -0.15) is 4.98 Å². The van der Waals surface area contributed by atoms with Gasteiger partial charge in [-0.05, 0) is 6.92 Å². The summed E-state index contributed by atoms with van der Waals surface area (Å²) in [5.74, 6) is 0.896. The molecule has 4 N–H and O–H groups in total. The Kier molecular flexibility index (Phi) is 5.24. The topological polar surface area (TPSA) is 90.3 Å². The van der Waals surface area contributed by atoms with E-state index in [1.165, 1.54) is 6.20 Å². The average molecular weight is 247 g/mol. The second-order valence-corrected chi connectivity index (χ2v) is 3.54. The van der Waals surface area contributed by atoms with Crippen LogP contribution in [-0.2, 0) is 0 Å². The van der Waals surface area contributed by atoms with E-state index in [0.717, 1.165) is 0 Å². The molecule has 0 aliphatic heterocycles. The van der Waals surface area contributed by atoms with Gasteiger partial charge >= 0.3 is 0 Å². The van der Waals surface area contributed by atoms with Gasteiger partial charge in [-0.3, -0.25) is 0 Å². The summed E-state index contributed by atoms with van der Waals surface area (Å²) in [6.07, 6.45) is 0.633. The Balaban J connectivity index is 2.66. The molecule has 0 saturated heterocycles. The van der Waals surface area contributed by atoms with Gasteiger partial charge in [-0.15, -0.1) is 0 Å². The SMILES string of the molecule is CCNc1ncc(Cl)c(NCC(O)CO)n1. The molecule has 0 saturated carbocycles. The summed E-state index contributed by atoms with van der Waals surface area (Å²) in [5.41, 5.74) is 0. The Morgan fingerprint density at radius 2 is 2.25 bits per heavy atom. The van der Waals surface area contributed by atoms with Crippen LogP contribution in [0.1, 0.15) is 6.92 Å². The molecule has 1 aromatic heterocycles. The highest BCUT2D eigenvalue weighted by atomic mass is 35.5. The fraction of sp³-hybridized carbons (Fsp3) is 0.556. The third-order valence-electron chi connectivity index (χ3n) is 1.79. The number of aromatic nitrogens is 2. The number of aliphatic hydroxyl groups excluding tert-OH is 2. The quantitative estimate of drug-likeness (QED) is 0.578. The Morgan fingerprint density at radius 1 is 1.50 bits per heavy atom. The van der Waals surface area contributed by atoms with Gasteiger partial charge < -0.3 is 20.8 Å². The first-order valence-corrected chi connectivity index (χ1v) is 5.34. The van der Waals surface area contributed by atoms with Gasteiger partial charge in [0.15, 0.2) is 5.82 Å². The fourth-order valence-electron chi connectivity index (χ4n) is 1.01. The number of hydrogen-bond donors (Lipinski definition) is 4. The summed E-state index contributed by atoms with van der Waals surface area (Å²) < 4.78 is 0. The van der Waals surface area contributed by atoms with Gasteiger partial charge in [0.25, 0.3) is 0 Å². The zero-order valence-corrected chi connectivity index (χ0v) is 9.70. The molecule has 0 spiro atoms. The molecule has 0 aromatic carbocycles. The lowest BCUT2D eigenvalue weighted by Gasteiger charge is -2.11. The van der Waals surface area contributed by atoms with E-state index in [1.54, 1.807) is 0 Å². The van der Waals surface area contributed by atoms with Crippen LogP contribution in [0.25, 0.3) is 0 Å². The minimum Gasteiger partial charge on any atom is -0.394 e. The van der Waals surface area contributed by atoms with Gasteiger partial charge in [0.2, 0.25) is 5.95 Å². The van der Waals surface area contributed by atoms with E-state index in [4.69, 9.17) is 21.8 Å². The summed E-state index contributed by atoms with van der Waals surface area (Å²) in [7, 11) is 0. The Morgan fingerprint density at radius 3 is 2.88 bits per heavy atom. The number of rotatable bonds is 6. The first kappa shape index (κ1) is 13.0. The van der Waals surface area contributed by atoms with Gasteiger partial charge in [0.1, 0.15) is 5.02 Å². The average Bonchev–Trinajstić information content (AvgIpc) is 2.29. The number of nitrogens with zero attached hydrogens (tertiary/aromatic N) is 2. The molecule has 7 heteroatoms. The maximum atomic E-state index is 9.17. The molecule has 6 nitrogen and oxygen atoms in total. The van der Waals surface area contributed by atoms with Crippen molar-refractivity contribution in [1.29, 1.82) is 0 Å². The summed E-state index contributed by atoms with van der Waals surface area (Å²) >= 11 is 5.86. The maximum absolute atomic E-state index is 9.17. The molecule has 0 aliphatic rings. The molecule has 1 atom stereocenters. The molecule has 1 rings (SSSR count). The molecular formula is C9H15ClN4O2. The lowest BCUT2D eigenvalue weighted by Crippen LogP contribution is -2.23. The van der Waals surface area contributed by atoms with Crippen molar-refractivity contribution in [3.63, 3.8) is 0 Å². The van der Waals surface area contributed by atoms with Crippen LogP contribution < -0.4 is 10.6 Å². The predicted molar refractivity (Wildman–Crippen MR) is 62.8 cm³/mol. The van der Waals surface area contributed by atoms with Gasteiger partial charge in [-0.25, -0.2) is 4.98 Å². The van der Waals surface area contributed by atoms with Gasteiger partial charge in [0, 0.05) is 13.1 Å². The Hall–Kier alpha value is -1.11. The van der Waals surface area contributed by atoms with Crippen LogP contribution in [0.4, 0.5) is 11.8 Å². The Bertz CT molecular complexity index is 337. The van der Waals surface area contributed by atoms with Crippen LogP contribution in [0, 0.1) is 0 Å². The van der Waals surface area contributed by atoms with E-state index in [1.807, 2.05) is 6.92 Å². The highest BCUT2D eigenvalue weighted by Crippen LogP contribution is 2.19. The molecular weight excluding hydrogens is 232 g/mol. The predicted octanol–water partition coefficient (Wildman–Crippen LogP) is 0.327. The monoisotopic (exact) mass is 246 g/mol. The number of anilines is 2. The zero-order valence-electron chi connectivity index (χ0n) is 8.94. The van der Waals surface area contributed by atoms with Crippen molar-refractivity contribution in [3.05, 3.63) is 11.2 Å². The minimum atomic E-state index is -0.839. The number of nitrogens with one attached hydrogen (secondary N) is 2. The molecule has 0 bridgehead atoms. The van der Waals surface area contributed by atoms with Crippen LogP contribution >= 0.6 is 11.6 Å². The third-order valence-corrected chi connectivity index (χ3v) is 2.07. The van der Waals surface area contributed by atoms with E-state index < -0.39 is 6.10 Å². The molecule has 0 aliphatic carbocycles. The smallest absolute Gasteiger partial charge is 0.224 e. The van der Waals surface area contributed by atoms with Crippen molar-refractivity contribution in [2.24, 2.45) is 0 Å². The lowest BCUT2D eigenvalue weighted by molar-refractivity contribution is 0.105. The second kappa shape index (κ2) is 6.47. The maximum Gasteiger partial charge on any atom is 0.224 e. The first-order chi connectivity index (χ1) is 7.67. The van der Waals surface area contributed by atoms with E-state index >= 15 is 0 Å². The number of halogens is 1. The summed E-state index contributed by atoms with van der Waals surface area (Å²) in [5, 5.41) is 24.0. The molecule has 16 heavy (non-hydrogen) atoms. The summed E-state index contributed by atoms with van der Waals surface area (Å²) in [6.45, 7) is 2.51. The van der Waals surface area contributed by atoms with E-state index in [9.17, 15) is 0 Å². The normalized spacial score (nSPS) is 12.2. The van der Waals surface area contributed by atoms with Crippen LogP contribution in [-0.4, -0.2) is 46.0 Å². The van der Waals surface area contributed by atoms with Gasteiger partial charge in [0.05, 0.1) is 18.9 Å². The van der Waals surface area contributed by atoms with Crippen molar-refractivity contribution >= 4 is 23.4 Å². The molecule has 0 amide bonds. The molecule has 0 fully saturated rings. The highest BCUT2D eigenvalue weighted by Gasteiger charge is 2.07. The minimum absolute atomic E-state index is 0.179. The Labute approximate surface area is 98.7 Å². The highest BCUT2D eigenvalue weighted by molar-refractivity contribution is 6.32. The van der Waals surface area contributed by atoms with Crippen molar-refractivity contribution in [2.75, 3.05) is 30.3 Å². The molecule has 90 valence electrons. The summed E-state index contributed by atoms with van der Waals surface area (Å²) in [6, 6.07) is 0. The zero-order chi connectivity index (χ0) is 12.0. The van der Waals surface area contributed by atoms with E-state index in [0.29, 0.717) is 23.3 Å². The largest absolute Gasteiger partial charge is 0.394 e. The standard InChI is InChI=1S/C9H15ClN4O2/c1-2-11-9-13-4-7(10)8(14-9)12-3-6(16)5-15/h4,6,15-16H,2-3,5H2,1H3,(H2,11,12,13,14). The molecule has 1 heterocycles. The van der Waals surface area contributed by atoms with Crippen molar-refractivity contribution in [3.8, 4) is 0 Å². The van der Waals surface area contributed by atoms with Crippen LogP contribution in [0.3, 0.4) is 0 Å². The number of hydrogen-bond acceptors (Lipinski definition) is 6. The van der Waals surface area contributed by atoms with Crippen molar-refractivity contribution in [2.45, 2.75) is 13.0 Å². The van der Waals surface area contributed by atoms with E-state index in [-0.39, 0.29) is 13.2 Å². The van der Waals surface area contributed by atoms with E-state index in [2.05, 4.69) is 20.6 Å². The number of aliphatic hydroxyl groups is 2. The van der Waals surface area contributed by atoms with Crippen molar-refractivity contribution < 1.29 is 10.2 Å². The van der Waals surface area contributed by atoms with Crippen molar-refractivity contribution in [1.82, 2.24) is 9.97 Å². The first-order valence-electron chi connectivity index (χ1n) is 4.96. The van der Waals surface area contributed by atoms with Crippen LogP contribution in [0.15, 0.2) is 6.20 Å². The lowest BCUT2D eigenvalue weighted by atomic mass is 10.4. The van der Waals surface area contributed by atoms with Crippen LogP contribution in [0.2, 0.25) is 5.02 Å². The molecule has 1 aromatic rings. The third kappa shape index (κ3) is 3.80. The van der Waals surface area contributed by atoms with Gasteiger partial charge in [-0.1, -0.05) is 11.6 Å². The molecule has 0 radical (unpaired) electrons. The summed E-state index contributed by atoms with van der Waals surface area (Å²) in [4.78, 5) is 8.08. The second-order valence-electron chi connectivity index (χ2n) is 3.14. The molecule has 1 unspecified atom stereocenters.